The Balaban J connectivity index is 0.847. The van der Waals surface area contributed by atoms with E-state index < -0.39 is 23.5 Å². The third-order valence-corrected chi connectivity index (χ3v) is 10.5. The van der Waals surface area contributed by atoms with E-state index >= 15 is 0 Å². The number of hydrogen-bond acceptors (Lipinski definition) is 8. The van der Waals surface area contributed by atoms with Gasteiger partial charge in [-0.05, 0) is 43.5 Å². The van der Waals surface area contributed by atoms with Crippen LogP contribution in [0, 0.1) is 17.6 Å². The Hall–Kier alpha value is -4.37. The molecule has 1 aromatic heterocycles. The quantitative estimate of drug-likeness (QED) is 0.149. The lowest BCUT2D eigenvalue weighted by Gasteiger charge is -2.17. The number of Topliss-reactive ketones (excluding diaryl/α,β-unsaturated/α-hetero) is 1. The minimum atomic E-state index is -0.726. The normalized spacial score (nSPS) is 21.5. The lowest BCUT2D eigenvalue weighted by Crippen LogP contribution is -2.36. The molecule has 15 heteroatoms. The van der Waals surface area contributed by atoms with E-state index in [9.17, 15) is 28.0 Å². The number of nitrogens with one attached hydrogen (secondary N) is 3. The summed E-state index contributed by atoms with van der Waals surface area (Å²) < 4.78 is 35.2. The fraction of sp³-hybridized carbons (Fsp3) is 0.471. The summed E-state index contributed by atoms with van der Waals surface area (Å²) in [6, 6.07) is 10.3. The number of hydrogen-bond donors (Lipinski definition) is 3. The number of carbonyl (C=O) groups excluding carboxylic acids is 4. The van der Waals surface area contributed by atoms with E-state index in [1.807, 2.05) is 11.8 Å². The average molecular weight is 696 g/mol. The van der Waals surface area contributed by atoms with E-state index in [0.29, 0.717) is 55.7 Å². The summed E-state index contributed by atoms with van der Waals surface area (Å²) in [5.41, 5.74) is 1.79. The molecule has 3 aromatic rings. The summed E-state index contributed by atoms with van der Waals surface area (Å²) in [5.74, 6) is -1.73. The molecule has 1 unspecified atom stereocenters. The Morgan fingerprint density at radius 3 is 2.67 bits per heavy atom. The molecule has 0 radical (unpaired) electrons. The highest BCUT2D eigenvalue weighted by molar-refractivity contribution is 8.00. The number of urea groups is 1. The number of amides is 4. The van der Waals surface area contributed by atoms with Crippen LogP contribution in [0.25, 0.3) is 11.3 Å². The zero-order valence-electron chi connectivity index (χ0n) is 26.9. The topological polar surface area (TPSA) is 148 Å². The second-order valence-corrected chi connectivity index (χ2v) is 13.8. The van der Waals surface area contributed by atoms with Crippen LogP contribution in [0.4, 0.5) is 25.0 Å². The van der Waals surface area contributed by atoms with Crippen molar-refractivity contribution in [3.05, 3.63) is 60.3 Å². The van der Waals surface area contributed by atoms with E-state index in [4.69, 9.17) is 4.74 Å². The first kappa shape index (κ1) is 34.5. The Morgan fingerprint density at radius 2 is 1.84 bits per heavy atom. The molecule has 3 aliphatic rings. The molecule has 0 spiro atoms. The van der Waals surface area contributed by atoms with Crippen molar-refractivity contribution < 1.29 is 32.7 Å². The van der Waals surface area contributed by atoms with Crippen molar-refractivity contribution in [1.29, 1.82) is 0 Å². The highest BCUT2D eigenvalue weighted by Crippen LogP contribution is 2.33. The van der Waals surface area contributed by atoms with Gasteiger partial charge in [0.15, 0.2) is 0 Å². The third kappa shape index (κ3) is 8.81. The molecule has 3 aliphatic heterocycles. The number of anilines is 2. The molecule has 3 fully saturated rings. The van der Waals surface area contributed by atoms with Crippen molar-refractivity contribution in [2.24, 2.45) is 5.92 Å². The Kier molecular flexibility index (Phi) is 11.2. The number of ether oxygens (including phenoxy) is 1. The third-order valence-electron chi connectivity index (χ3n) is 9.02. The first-order chi connectivity index (χ1) is 23.7. The maximum atomic E-state index is 14.2. The SMILES string of the molecule is O=C(CCCC[C@@H]1SC[C@@H]2NC(=O)N[C@@H]21)CCCOCCn1cc(-c2ccc(NC(=O)C3CC(=O)N(c4cc(F)ccc4F)C3)cc2)nn1. The van der Waals surface area contributed by atoms with Gasteiger partial charge in [-0.25, -0.2) is 18.3 Å². The maximum absolute atomic E-state index is 14.2. The van der Waals surface area contributed by atoms with Gasteiger partial charge in [0.05, 0.1) is 43.0 Å². The molecule has 4 heterocycles. The van der Waals surface area contributed by atoms with Crippen molar-refractivity contribution >= 4 is 46.8 Å². The number of benzene rings is 2. The van der Waals surface area contributed by atoms with Gasteiger partial charge < -0.3 is 25.6 Å². The van der Waals surface area contributed by atoms with Crippen LogP contribution >= 0.6 is 11.8 Å². The standard InChI is InChI=1S/C34H39F2N7O5S/c35-23-9-12-26(36)29(17-23)43-18-22(16-31(43)45)33(46)37-24-10-7-21(8-11-24)27-19-42(41-40-27)13-15-48-14-3-5-25(44)4-1-2-6-30-32-28(20-49-30)38-34(47)39-32/h7-12,17,19,22,28,30,32H,1-6,13-16,18,20H2,(H,37,46)(H2,38,39,47)/t22?,28-,30-,32-/m0/s1. The fourth-order valence-corrected chi connectivity index (χ4v) is 7.93. The number of unbranched alkanes of at least 4 members (excludes halogenated alkanes) is 1. The van der Waals surface area contributed by atoms with Crippen LogP contribution in [-0.4, -0.2) is 81.5 Å². The van der Waals surface area contributed by atoms with Gasteiger partial charge in [-0.1, -0.05) is 23.8 Å². The fourth-order valence-electron chi connectivity index (χ4n) is 6.38. The molecule has 0 saturated carbocycles. The minimum Gasteiger partial charge on any atom is -0.380 e. The molecule has 49 heavy (non-hydrogen) atoms. The number of carbonyl (C=O) groups is 4. The highest BCUT2D eigenvalue weighted by atomic mass is 32.2. The number of thioether (sulfide) groups is 1. The lowest BCUT2D eigenvalue weighted by atomic mass is 10.0. The van der Waals surface area contributed by atoms with Crippen LogP contribution in [0.2, 0.25) is 0 Å². The molecule has 2 aromatic carbocycles. The predicted octanol–water partition coefficient (Wildman–Crippen LogP) is 4.31. The molecule has 4 atom stereocenters. The van der Waals surface area contributed by atoms with Gasteiger partial charge >= 0.3 is 6.03 Å². The molecule has 0 bridgehead atoms. The zero-order valence-corrected chi connectivity index (χ0v) is 27.7. The van der Waals surface area contributed by atoms with Crippen LogP contribution in [-0.2, 0) is 25.7 Å². The van der Waals surface area contributed by atoms with Gasteiger partial charge in [-0.15, -0.1) is 5.10 Å². The van der Waals surface area contributed by atoms with Crippen molar-refractivity contribution in [3.8, 4) is 11.3 Å². The summed E-state index contributed by atoms with van der Waals surface area (Å²) in [5, 5.41) is 17.5. The Morgan fingerprint density at radius 1 is 1.02 bits per heavy atom. The van der Waals surface area contributed by atoms with Gasteiger partial charge in [0.2, 0.25) is 11.8 Å². The van der Waals surface area contributed by atoms with Gasteiger partial charge in [-0.3, -0.25) is 14.4 Å². The van der Waals surface area contributed by atoms with Gasteiger partial charge in [0, 0.05) is 60.7 Å². The Labute approximate surface area is 286 Å². The number of nitrogens with zero attached hydrogens (tertiary/aromatic N) is 4. The molecular formula is C34H39F2N7O5S. The molecule has 0 aliphatic carbocycles. The number of halogens is 2. The second kappa shape index (κ2) is 15.9. The predicted molar refractivity (Wildman–Crippen MR) is 180 cm³/mol. The molecule has 12 nitrogen and oxygen atoms in total. The second-order valence-electron chi connectivity index (χ2n) is 12.6. The first-order valence-corrected chi connectivity index (χ1v) is 17.6. The molecule has 6 rings (SSSR count). The summed E-state index contributed by atoms with van der Waals surface area (Å²) in [4.78, 5) is 50.2. The largest absolute Gasteiger partial charge is 0.380 e. The molecule has 3 N–H and O–H groups in total. The average Bonchev–Trinajstić information content (AvgIpc) is 3.88. The van der Waals surface area contributed by atoms with Gasteiger partial charge in [-0.2, -0.15) is 11.8 Å². The van der Waals surface area contributed by atoms with E-state index in [1.54, 1.807) is 35.1 Å². The van der Waals surface area contributed by atoms with Gasteiger partial charge in [0.1, 0.15) is 23.1 Å². The number of fused-ring (bicyclic) bond motifs is 1. The van der Waals surface area contributed by atoms with E-state index in [2.05, 4.69) is 26.3 Å². The summed E-state index contributed by atoms with van der Waals surface area (Å²) >= 11 is 1.90. The monoisotopic (exact) mass is 695 g/mol. The number of aromatic nitrogens is 3. The molecular weight excluding hydrogens is 656 g/mol. The van der Waals surface area contributed by atoms with E-state index in [0.717, 1.165) is 53.7 Å². The molecule has 3 saturated heterocycles. The number of ketones is 1. The lowest BCUT2D eigenvalue weighted by molar-refractivity contribution is -0.122. The highest BCUT2D eigenvalue weighted by Gasteiger charge is 2.42. The van der Waals surface area contributed by atoms with Crippen LogP contribution in [0.3, 0.4) is 0 Å². The maximum Gasteiger partial charge on any atom is 0.315 e. The van der Waals surface area contributed by atoms with E-state index in [1.165, 1.54) is 0 Å². The summed E-state index contributed by atoms with van der Waals surface area (Å²) in [6.45, 7) is 1.38. The van der Waals surface area contributed by atoms with E-state index in [-0.39, 0.29) is 48.5 Å². The molecule has 260 valence electrons. The molecule has 4 amide bonds. The van der Waals surface area contributed by atoms with Crippen molar-refractivity contribution in [2.45, 2.75) is 68.8 Å². The number of rotatable bonds is 16. The van der Waals surface area contributed by atoms with Crippen LogP contribution in [0.1, 0.15) is 44.9 Å². The summed E-state index contributed by atoms with van der Waals surface area (Å²) in [7, 11) is 0. The Bertz CT molecular complexity index is 1670. The van der Waals surface area contributed by atoms with Crippen molar-refractivity contribution in [1.82, 2.24) is 25.6 Å². The van der Waals surface area contributed by atoms with Gasteiger partial charge in [0.25, 0.3) is 0 Å². The van der Waals surface area contributed by atoms with Crippen LogP contribution < -0.4 is 20.9 Å². The van der Waals surface area contributed by atoms with Crippen molar-refractivity contribution in [3.63, 3.8) is 0 Å². The van der Waals surface area contributed by atoms with Crippen LogP contribution in [0.15, 0.2) is 48.7 Å². The smallest absolute Gasteiger partial charge is 0.315 e. The minimum absolute atomic E-state index is 0.0442. The van der Waals surface area contributed by atoms with Crippen LogP contribution in [0.5, 0.6) is 0 Å². The zero-order chi connectivity index (χ0) is 34.3. The summed E-state index contributed by atoms with van der Waals surface area (Å²) in [6.07, 6.45) is 6.29. The van der Waals surface area contributed by atoms with Crippen molar-refractivity contribution in [2.75, 3.05) is 35.7 Å². The first-order valence-electron chi connectivity index (χ1n) is 16.6.